The summed E-state index contributed by atoms with van der Waals surface area (Å²) >= 11 is 1.82. The lowest BCUT2D eigenvalue weighted by Crippen LogP contribution is -2.40. The van der Waals surface area contributed by atoms with Crippen LogP contribution in [0, 0.1) is 0 Å². The highest BCUT2D eigenvalue weighted by atomic mass is 32.2. The van der Waals surface area contributed by atoms with Crippen LogP contribution in [0.3, 0.4) is 0 Å². The van der Waals surface area contributed by atoms with Crippen molar-refractivity contribution in [3.8, 4) is 5.75 Å². The monoisotopic (exact) mass is 386 g/mol. The van der Waals surface area contributed by atoms with Crippen molar-refractivity contribution in [2.45, 2.75) is 44.5 Å². The Morgan fingerprint density at radius 1 is 1.30 bits per heavy atom. The number of H-pyrrole nitrogens is 1. The quantitative estimate of drug-likeness (QED) is 0.855. The minimum absolute atomic E-state index is 0.0485. The van der Waals surface area contributed by atoms with Gasteiger partial charge in [-0.1, -0.05) is 6.92 Å². The van der Waals surface area contributed by atoms with Crippen LogP contribution >= 0.6 is 11.8 Å². The van der Waals surface area contributed by atoms with E-state index in [1.807, 2.05) is 30.8 Å². The summed E-state index contributed by atoms with van der Waals surface area (Å²) in [5.41, 5.74) is 3.05. The molecular weight excluding hydrogens is 360 g/mol. The van der Waals surface area contributed by atoms with E-state index in [1.165, 1.54) is 5.56 Å². The Bertz CT molecular complexity index is 900. The Kier molecular flexibility index (Phi) is 5.55. The molecule has 144 valence electrons. The number of likely N-dealkylation sites (tertiary alicyclic amines) is 1. The molecule has 1 fully saturated rings. The van der Waals surface area contributed by atoms with Crippen molar-refractivity contribution in [2.75, 3.05) is 25.4 Å². The van der Waals surface area contributed by atoms with Gasteiger partial charge in [0.15, 0.2) is 0 Å². The molecule has 1 saturated heterocycles. The third kappa shape index (κ3) is 4.06. The molecule has 2 aliphatic heterocycles. The van der Waals surface area contributed by atoms with E-state index in [1.54, 1.807) is 0 Å². The fourth-order valence-electron chi connectivity index (χ4n) is 3.98. The van der Waals surface area contributed by atoms with Gasteiger partial charge in [-0.3, -0.25) is 14.5 Å². The van der Waals surface area contributed by atoms with Crippen LogP contribution in [0.1, 0.15) is 37.3 Å². The minimum Gasteiger partial charge on any atom is -0.490 e. The summed E-state index contributed by atoms with van der Waals surface area (Å²) in [5, 5.41) is 1.12. The second-order valence-corrected chi connectivity index (χ2v) is 8.51. The van der Waals surface area contributed by atoms with E-state index in [2.05, 4.69) is 16.0 Å². The van der Waals surface area contributed by atoms with Crippen LogP contribution in [0.2, 0.25) is 0 Å². The Morgan fingerprint density at radius 2 is 2.11 bits per heavy atom. The van der Waals surface area contributed by atoms with Crippen LogP contribution in [-0.2, 0) is 17.0 Å². The summed E-state index contributed by atoms with van der Waals surface area (Å²) in [6.45, 7) is 4.30. The first-order valence-electron chi connectivity index (χ1n) is 9.80. The molecule has 6 heteroatoms. The topological polar surface area (TPSA) is 62.4 Å². The molecule has 0 atom stereocenters. The maximum absolute atomic E-state index is 12.3. The van der Waals surface area contributed by atoms with Gasteiger partial charge in [-0.05, 0) is 48.8 Å². The highest BCUT2D eigenvalue weighted by molar-refractivity contribution is 7.98. The number of aryl methyl sites for hydroxylation is 1. The van der Waals surface area contributed by atoms with E-state index in [4.69, 9.17) is 4.74 Å². The van der Waals surface area contributed by atoms with Crippen LogP contribution in [0.15, 0.2) is 23.0 Å². The number of thioether (sulfide) groups is 1. The van der Waals surface area contributed by atoms with Crippen molar-refractivity contribution >= 4 is 28.4 Å². The number of benzene rings is 1. The highest BCUT2D eigenvalue weighted by Gasteiger charge is 2.22. The smallest absolute Gasteiger partial charge is 0.252 e. The number of nitrogens with zero attached hydrogens (tertiary/aromatic N) is 1. The summed E-state index contributed by atoms with van der Waals surface area (Å²) in [6.07, 6.45) is 3.61. The van der Waals surface area contributed by atoms with Gasteiger partial charge < -0.3 is 9.72 Å². The summed E-state index contributed by atoms with van der Waals surface area (Å²) in [6, 6.07) is 6.01. The number of Topliss-reactive ketones (excluding diaryl/α,β-unsaturated/α-hetero) is 1. The number of piperidine rings is 1. The summed E-state index contributed by atoms with van der Waals surface area (Å²) in [4.78, 5) is 29.1. The second kappa shape index (κ2) is 8.07. The third-order valence-corrected chi connectivity index (χ3v) is 6.56. The second-order valence-electron chi connectivity index (χ2n) is 7.41. The number of pyridine rings is 1. The molecule has 0 saturated carbocycles. The van der Waals surface area contributed by atoms with Crippen molar-refractivity contribution in [3.05, 3.63) is 39.7 Å². The number of aromatic amines is 1. The number of ether oxygens (including phenoxy) is 1. The van der Waals surface area contributed by atoms with Gasteiger partial charge >= 0.3 is 0 Å². The van der Waals surface area contributed by atoms with Gasteiger partial charge in [0.25, 0.3) is 5.56 Å². The normalized spacial score (nSPS) is 18.4. The van der Waals surface area contributed by atoms with Crippen LogP contribution in [0.5, 0.6) is 5.75 Å². The molecule has 3 heterocycles. The SMILES string of the molecule is CCC(=O)CN1CCC(Oc2ccc3[nH]c(=O)c4c(c3c2)CCSC4)CC1. The molecule has 4 rings (SSSR count). The number of fused-ring (bicyclic) bond motifs is 3. The summed E-state index contributed by atoms with van der Waals surface area (Å²) in [7, 11) is 0. The molecule has 2 aromatic rings. The Labute approximate surface area is 163 Å². The summed E-state index contributed by atoms with van der Waals surface area (Å²) < 4.78 is 6.26. The van der Waals surface area contributed by atoms with Crippen LogP contribution in [0.25, 0.3) is 10.9 Å². The number of rotatable bonds is 5. The van der Waals surface area contributed by atoms with Gasteiger partial charge in [-0.25, -0.2) is 0 Å². The lowest BCUT2D eigenvalue weighted by Gasteiger charge is -2.31. The van der Waals surface area contributed by atoms with E-state index in [-0.39, 0.29) is 11.7 Å². The van der Waals surface area contributed by atoms with Gasteiger partial charge in [0.2, 0.25) is 0 Å². The Morgan fingerprint density at radius 3 is 2.89 bits per heavy atom. The number of hydrogen-bond donors (Lipinski definition) is 1. The average Bonchev–Trinajstić information content (AvgIpc) is 2.70. The van der Waals surface area contributed by atoms with Crippen LogP contribution in [-0.4, -0.2) is 47.2 Å². The highest BCUT2D eigenvalue weighted by Crippen LogP contribution is 2.30. The molecule has 0 spiro atoms. The fourth-order valence-corrected chi connectivity index (χ4v) is 4.98. The van der Waals surface area contributed by atoms with E-state index < -0.39 is 0 Å². The largest absolute Gasteiger partial charge is 0.490 e. The molecule has 0 aliphatic carbocycles. The van der Waals surface area contributed by atoms with Gasteiger partial charge in [-0.2, -0.15) is 11.8 Å². The van der Waals surface area contributed by atoms with Crippen molar-refractivity contribution in [2.24, 2.45) is 0 Å². The number of carbonyl (C=O) groups is 1. The minimum atomic E-state index is 0.0485. The molecule has 0 amide bonds. The lowest BCUT2D eigenvalue weighted by atomic mass is 10.0. The maximum atomic E-state index is 12.3. The first-order valence-corrected chi connectivity index (χ1v) is 11.0. The molecule has 2 aliphatic rings. The zero-order valence-electron chi connectivity index (χ0n) is 15.8. The molecule has 0 radical (unpaired) electrons. The van der Waals surface area contributed by atoms with Crippen LogP contribution < -0.4 is 10.3 Å². The van der Waals surface area contributed by atoms with Crippen molar-refractivity contribution in [3.63, 3.8) is 0 Å². The molecule has 0 bridgehead atoms. The molecule has 0 unspecified atom stereocenters. The standard InChI is InChI=1S/C21H26N2O3S/c1-2-14(24)12-23-8-5-15(6-9-23)26-16-3-4-20-18(11-16)17-7-10-27-13-19(17)21(25)22-20/h3-4,11,15H,2,5-10,12-13H2,1H3,(H,22,25). The molecule has 5 nitrogen and oxygen atoms in total. The first-order chi connectivity index (χ1) is 13.1. The molecule has 1 aromatic carbocycles. The number of aromatic nitrogens is 1. The fraction of sp³-hybridized carbons (Fsp3) is 0.524. The van der Waals surface area contributed by atoms with Crippen LogP contribution in [0.4, 0.5) is 0 Å². The van der Waals surface area contributed by atoms with Crippen molar-refractivity contribution in [1.82, 2.24) is 9.88 Å². The predicted molar refractivity (Wildman–Crippen MR) is 110 cm³/mol. The molecule has 27 heavy (non-hydrogen) atoms. The van der Waals surface area contributed by atoms with E-state index in [9.17, 15) is 9.59 Å². The predicted octanol–water partition coefficient (Wildman–Crippen LogP) is 3.14. The maximum Gasteiger partial charge on any atom is 0.252 e. The third-order valence-electron chi connectivity index (χ3n) is 5.58. The molecular formula is C21H26N2O3S. The number of ketones is 1. The molecule has 1 N–H and O–H groups in total. The van der Waals surface area contributed by atoms with Gasteiger partial charge in [-0.15, -0.1) is 0 Å². The number of carbonyl (C=O) groups excluding carboxylic acids is 1. The lowest BCUT2D eigenvalue weighted by molar-refractivity contribution is -0.120. The van der Waals surface area contributed by atoms with E-state index in [0.717, 1.165) is 66.1 Å². The van der Waals surface area contributed by atoms with Gasteiger partial charge in [0.1, 0.15) is 17.6 Å². The zero-order chi connectivity index (χ0) is 18.8. The number of hydrogen-bond acceptors (Lipinski definition) is 5. The summed E-state index contributed by atoms with van der Waals surface area (Å²) in [5.74, 6) is 3.03. The molecule has 1 aromatic heterocycles. The Hall–Kier alpha value is -1.79. The Balaban J connectivity index is 1.48. The first kappa shape index (κ1) is 18.6. The van der Waals surface area contributed by atoms with E-state index >= 15 is 0 Å². The van der Waals surface area contributed by atoms with E-state index in [0.29, 0.717) is 18.7 Å². The number of nitrogens with one attached hydrogen (secondary N) is 1. The van der Waals surface area contributed by atoms with Gasteiger partial charge in [0, 0.05) is 41.7 Å². The average molecular weight is 387 g/mol. The van der Waals surface area contributed by atoms with Crippen molar-refractivity contribution in [1.29, 1.82) is 0 Å². The van der Waals surface area contributed by atoms with Gasteiger partial charge in [0.05, 0.1) is 6.54 Å². The van der Waals surface area contributed by atoms with Crippen molar-refractivity contribution < 1.29 is 9.53 Å². The zero-order valence-corrected chi connectivity index (χ0v) is 16.6.